The number of sulfone groups is 1. The van der Waals surface area contributed by atoms with Gasteiger partial charge in [0, 0.05) is 24.2 Å². The molecule has 2 atom stereocenters. The summed E-state index contributed by atoms with van der Waals surface area (Å²) >= 11 is 0. The molecule has 0 aliphatic carbocycles. The molecule has 25 heavy (non-hydrogen) atoms. The summed E-state index contributed by atoms with van der Waals surface area (Å²) in [4.78, 5) is 12.4. The predicted octanol–water partition coefficient (Wildman–Crippen LogP) is 2.87. The quantitative estimate of drug-likeness (QED) is 0.814. The van der Waals surface area contributed by atoms with Crippen molar-refractivity contribution in [2.75, 3.05) is 5.32 Å². The third-order valence-electron chi connectivity index (χ3n) is 5.34. The van der Waals surface area contributed by atoms with E-state index in [0.717, 1.165) is 12.8 Å². The molecular weight excluding hydrogens is 336 g/mol. The molecule has 138 valence electrons. The normalized spacial score (nSPS) is 26.0. The standard InChI is InChI=1S/C19H28N2O3S/c1-13(2)25(23,24)12-14-4-3-5-16(8-14)21-19(22)11-15-9-17-6-7-18(10-15)20-17/h3-5,8,13,15,17-18,20H,6-7,9-12H2,1-2H3,(H,21,22). The first-order valence-corrected chi connectivity index (χ1v) is 10.9. The Hall–Kier alpha value is -1.40. The topological polar surface area (TPSA) is 75.3 Å². The molecule has 0 aromatic heterocycles. The number of benzene rings is 1. The Morgan fingerprint density at radius 1 is 1.24 bits per heavy atom. The Bertz CT molecular complexity index is 718. The van der Waals surface area contributed by atoms with Gasteiger partial charge in [0.2, 0.25) is 5.91 Å². The van der Waals surface area contributed by atoms with Crippen molar-refractivity contribution in [1.82, 2.24) is 5.32 Å². The maximum atomic E-state index is 12.4. The number of anilines is 1. The van der Waals surface area contributed by atoms with E-state index in [2.05, 4.69) is 10.6 Å². The smallest absolute Gasteiger partial charge is 0.224 e. The summed E-state index contributed by atoms with van der Waals surface area (Å²) in [5.74, 6) is 0.477. The fourth-order valence-corrected chi connectivity index (χ4v) is 4.93. The summed E-state index contributed by atoms with van der Waals surface area (Å²) in [5.41, 5.74) is 1.39. The van der Waals surface area contributed by atoms with E-state index in [1.54, 1.807) is 32.0 Å². The number of hydrogen-bond donors (Lipinski definition) is 2. The molecule has 5 nitrogen and oxygen atoms in total. The van der Waals surface area contributed by atoms with Crippen LogP contribution in [0.4, 0.5) is 5.69 Å². The Morgan fingerprint density at radius 2 is 1.92 bits per heavy atom. The number of fused-ring (bicyclic) bond motifs is 2. The Morgan fingerprint density at radius 3 is 2.56 bits per heavy atom. The summed E-state index contributed by atoms with van der Waals surface area (Å²) in [5, 5.41) is 6.13. The highest BCUT2D eigenvalue weighted by molar-refractivity contribution is 7.91. The minimum absolute atomic E-state index is 0.00598. The van der Waals surface area contributed by atoms with Crippen LogP contribution in [0, 0.1) is 5.92 Å². The van der Waals surface area contributed by atoms with Crippen LogP contribution in [0.3, 0.4) is 0 Å². The molecule has 0 saturated carbocycles. The first-order valence-electron chi connectivity index (χ1n) is 9.18. The fourth-order valence-electron chi connectivity index (χ4n) is 3.95. The van der Waals surface area contributed by atoms with Gasteiger partial charge in [0.25, 0.3) is 0 Å². The average Bonchev–Trinajstić information content (AvgIpc) is 2.85. The van der Waals surface area contributed by atoms with Crippen molar-refractivity contribution < 1.29 is 13.2 Å². The van der Waals surface area contributed by atoms with Crippen molar-refractivity contribution >= 4 is 21.4 Å². The second-order valence-corrected chi connectivity index (χ2v) is 10.3. The van der Waals surface area contributed by atoms with Gasteiger partial charge in [-0.15, -0.1) is 0 Å². The zero-order chi connectivity index (χ0) is 18.0. The van der Waals surface area contributed by atoms with Crippen molar-refractivity contribution in [2.45, 2.75) is 69.0 Å². The molecule has 2 saturated heterocycles. The molecule has 0 spiro atoms. The molecule has 2 heterocycles. The monoisotopic (exact) mass is 364 g/mol. The molecule has 2 bridgehead atoms. The second kappa shape index (κ2) is 7.46. The van der Waals surface area contributed by atoms with Crippen LogP contribution in [-0.4, -0.2) is 31.7 Å². The molecule has 6 heteroatoms. The highest BCUT2D eigenvalue weighted by Gasteiger charge is 2.34. The summed E-state index contributed by atoms with van der Waals surface area (Å²) < 4.78 is 24.1. The van der Waals surface area contributed by atoms with Gasteiger partial charge in [-0.2, -0.15) is 0 Å². The molecule has 1 aromatic carbocycles. The van der Waals surface area contributed by atoms with E-state index in [1.807, 2.05) is 6.07 Å². The van der Waals surface area contributed by atoms with E-state index < -0.39 is 15.1 Å². The number of carbonyl (C=O) groups is 1. The van der Waals surface area contributed by atoms with Gasteiger partial charge >= 0.3 is 0 Å². The van der Waals surface area contributed by atoms with Gasteiger partial charge in [0.15, 0.2) is 9.84 Å². The molecule has 0 radical (unpaired) electrons. The van der Waals surface area contributed by atoms with Crippen LogP contribution < -0.4 is 10.6 Å². The predicted molar refractivity (Wildman–Crippen MR) is 100 cm³/mol. The van der Waals surface area contributed by atoms with Gasteiger partial charge in [-0.1, -0.05) is 12.1 Å². The van der Waals surface area contributed by atoms with Crippen molar-refractivity contribution in [3.63, 3.8) is 0 Å². The van der Waals surface area contributed by atoms with Crippen molar-refractivity contribution in [3.8, 4) is 0 Å². The first-order chi connectivity index (χ1) is 11.8. The van der Waals surface area contributed by atoms with Gasteiger partial charge in [-0.3, -0.25) is 4.79 Å². The van der Waals surface area contributed by atoms with E-state index in [-0.39, 0.29) is 11.7 Å². The molecule has 1 aromatic rings. The lowest BCUT2D eigenvalue weighted by Crippen LogP contribution is -2.39. The Kier molecular flexibility index (Phi) is 5.49. The maximum absolute atomic E-state index is 12.4. The summed E-state index contributed by atoms with van der Waals surface area (Å²) in [7, 11) is -3.14. The van der Waals surface area contributed by atoms with E-state index in [1.165, 1.54) is 12.8 Å². The van der Waals surface area contributed by atoms with Crippen molar-refractivity contribution in [2.24, 2.45) is 5.92 Å². The summed E-state index contributed by atoms with van der Waals surface area (Å²) in [6.45, 7) is 3.38. The molecule has 2 aliphatic rings. The average molecular weight is 365 g/mol. The summed E-state index contributed by atoms with van der Waals surface area (Å²) in [6.07, 6.45) is 5.17. The zero-order valence-electron chi connectivity index (χ0n) is 15.0. The third kappa shape index (κ3) is 4.82. The van der Waals surface area contributed by atoms with Crippen LogP contribution in [0.1, 0.15) is 51.5 Å². The minimum atomic E-state index is -3.14. The minimum Gasteiger partial charge on any atom is -0.326 e. The fraction of sp³-hybridized carbons (Fsp3) is 0.632. The number of rotatable bonds is 6. The molecule has 2 unspecified atom stereocenters. The highest BCUT2D eigenvalue weighted by atomic mass is 32.2. The molecule has 2 N–H and O–H groups in total. The van der Waals surface area contributed by atoms with Gasteiger partial charge in [-0.05, 0) is 63.1 Å². The number of carbonyl (C=O) groups excluding carboxylic acids is 1. The van der Waals surface area contributed by atoms with Crippen LogP contribution in [0.2, 0.25) is 0 Å². The molecule has 3 rings (SSSR count). The number of piperidine rings is 1. The molecule has 2 fully saturated rings. The van der Waals surface area contributed by atoms with Crippen LogP contribution >= 0.6 is 0 Å². The lowest BCUT2D eigenvalue weighted by Gasteiger charge is -2.28. The summed E-state index contributed by atoms with van der Waals surface area (Å²) in [6, 6.07) is 8.34. The van der Waals surface area contributed by atoms with Gasteiger partial charge in [-0.25, -0.2) is 8.42 Å². The van der Waals surface area contributed by atoms with E-state index in [0.29, 0.717) is 35.7 Å². The molecule has 2 aliphatic heterocycles. The van der Waals surface area contributed by atoms with Gasteiger partial charge in [0.1, 0.15) is 0 Å². The lowest BCUT2D eigenvalue weighted by atomic mass is 9.89. The highest BCUT2D eigenvalue weighted by Crippen LogP contribution is 2.32. The number of hydrogen-bond acceptors (Lipinski definition) is 4. The number of amides is 1. The Labute approximate surface area is 150 Å². The van der Waals surface area contributed by atoms with Crippen molar-refractivity contribution in [3.05, 3.63) is 29.8 Å². The van der Waals surface area contributed by atoms with Crippen LogP contribution in [0.5, 0.6) is 0 Å². The second-order valence-electron chi connectivity index (χ2n) is 7.78. The van der Waals surface area contributed by atoms with E-state index >= 15 is 0 Å². The van der Waals surface area contributed by atoms with E-state index in [9.17, 15) is 13.2 Å². The SMILES string of the molecule is CC(C)S(=O)(=O)Cc1cccc(NC(=O)CC2CC3CCC(C2)N3)c1. The van der Waals surface area contributed by atoms with Crippen molar-refractivity contribution in [1.29, 1.82) is 0 Å². The zero-order valence-corrected chi connectivity index (χ0v) is 15.8. The Balaban J connectivity index is 1.57. The molecular formula is C19H28N2O3S. The van der Waals surface area contributed by atoms with Crippen LogP contribution in [0.15, 0.2) is 24.3 Å². The first kappa shape index (κ1) is 18.4. The van der Waals surface area contributed by atoms with Gasteiger partial charge < -0.3 is 10.6 Å². The molecule has 1 amide bonds. The largest absolute Gasteiger partial charge is 0.326 e. The van der Waals surface area contributed by atoms with Gasteiger partial charge in [0.05, 0.1) is 11.0 Å². The van der Waals surface area contributed by atoms with Crippen LogP contribution in [-0.2, 0) is 20.4 Å². The van der Waals surface area contributed by atoms with Crippen LogP contribution in [0.25, 0.3) is 0 Å². The maximum Gasteiger partial charge on any atom is 0.224 e. The third-order valence-corrected chi connectivity index (χ3v) is 7.51. The van der Waals surface area contributed by atoms with E-state index in [4.69, 9.17) is 0 Å². The lowest BCUT2D eigenvalue weighted by molar-refractivity contribution is -0.117. The number of nitrogens with one attached hydrogen (secondary N) is 2.